The Balaban J connectivity index is 0.00000242. The molecule has 0 spiro atoms. The van der Waals surface area contributed by atoms with Crippen molar-refractivity contribution in [2.24, 2.45) is 7.05 Å². The van der Waals surface area contributed by atoms with Crippen molar-refractivity contribution in [2.75, 3.05) is 0 Å². The molecule has 6 heteroatoms. The van der Waals surface area contributed by atoms with Gasteiger partial charge < -0.3 is 14.5 Å². The largest absolute Gasteiger partial charge is 1.00 e. The molecule has 0 aliphatic rings. The average Bonchev–Trinajstić information content (AvgIpc) is 2.43. The second kappa shape index (κ2) is 7.97. The second-order valence-electron chi connectivity index (χ2n) is 4.82. The Morgan fingerprint density at radius 2 is 1.86 bits per heavy atom. The third kappa shape index (κ3) is 3.82. The summed E-state index contributed by atoms with van der Waals surface area (Å²) in [5.74, 6) is -1.43. The van der Waals surface area contributed by atoms with Crippen molar-refractivity contribution in [1.82, 2.24) is 4.57 Å². The number of pyridine rings is 1. The number of carboxylic acids is 1. The van der Waals surface area contributed by atoms with Crippen LogP contribution >= 0.6 is 11.6 Å². The molecule has 0 N–H and O–H groups in total. The maximum absolute atomic E-state index is 12.1. The summed E-state index contributed by atoms with van der Waals surface area (Å²) in [6, 6.07) is 8.38. The minimum absolute atomic E-state index is 0. The standard InChI is InChI=1S/C16H16ClNO3.Na/c1-3-4-12-15(16(20)21)14(19)9-13(18(12)2)10-5-7-11(17)8-6-10;/h5-9H,3-4H2,1-2H3,(H,20,21);/q;+1/p-1. The van der Waals surface area contributed by atoms with E-state index in [-0.39, 0.29) is 35.1 Å². The van der Waals surface area contributed by atoms with E-state index in [2.05, 4.69) is 0 Å². The van der Waals surface area contributed by atoms with Gasteiger partial charge in [0.25, 0.3) is 0 Å². The van der Waals surface area contributed by atoms with Gasteiger partial charge in [0.2, 0.25) is 0 Å². The second-order valence-corrected chi connectivity index (χ2v) is 5.26. The van der Waals surface area contributed by atoms with Gasteiger partial charge in [-0.1, -0.05) is 37.1 Å². The molecule has 0 amide bonds. The van der Waals surface area contributed by atoms with Gasteiger partial charge in [-0.15, -0.1) is 0 Å². The van der Waals surface area contributed by atoms with Crippen molar-refractivity contribution < 1.29 is 39.5 Å². The third-order valence-corrected chi connectivity index (χ3v) is 3.65. The van der Waals surface area contributed by atoms with E-state index in [1.807, 2.05) is 6.92 Å². The van der Waals surface area contributed by atoms with E-state index in [4.69, 9.17) is 11.6 Å². The molecule has 0 unspecified atom stereocenters. The summed E-state index contributed by atoms with van der Waals surface area (Å²) in [7, 11) is 1.75. The maximum atomic E-state index is 12.1. The van der Waals surface area contributed by atoms with Gasteiger partial charge in [0.15, 0.2) is 5.43 Å². The Morgan fingerprint density at radius 3 is 2.36 bits per heavy atom. The first-order valence-corrected chi connectivity index (χ1v) is 7.03. The molecular weight excluding hydrogens is 313 g/mol. The number of nitrogens with zero attached hydrogens (tertiary/aromatic N) is 1. The van der Waals surface area contributed by atoms with Gasteiger partial charge in [-0.05, 0) is 24.1 Å². The number of hydrogen-bond acceptors (Lipinski definition) is 3. The summed E-state index contributed by atoms with van der Waals surface area (Å²) in [6.07, 6.45) is 1.23. The van der Waals surface area contributed by atoms with Crippen LogP contribution in [0.3, 0.4) is 0 Å². The molecule has 0 aliphatic carbocycles. The zero-order valence-corrected chi connectivity index (χ0v) is 15.6. The number of carbonyl (C=O) groups is 1. The predicted octanol–water partition coefficient (Wildman–Crippen LogP) is -0.974. The quantitative estimate of drug-likeness (QED) is 0.679. The fourth-order valence-corrected chi connectivity index (χ4v) is 2.52. The van der Waals surface area contributed by atoms with E-state index in [0.717, 1.165) is 12.0 Å². The number of benzene rings is 1. The van der Waals surface area contributed by atoms with Gasteiger partial charge in [-0.3, -0.25) is 4.79 Å². The fourth-order valence-electron chi connectivity index (χ4n) is 2.39. The molecule has 0 bridgehead atoms. The van der Waals surface area contributed by atoms with Gasteiger partial charge in [-0.2, -0.15) is 0 Å². The molecule has 110 valence electrons. The van der Waals surface area contributed by atoms with Crippen LogP contribution in [-0.4, -0.2) is 10.5 Å². The zero-order valence-electron chi connectivity index (χ0n) is 12.9. The number of aromatic carboxylic acids is 1. The molecule has 1 aromatic heterocycles. The van der Waals surface area contributed by atoms with E-state index in [0.29, 0.717) is 22.8 Å². The van der Waals surface area contributed by atoms with Crippen LogP contribution < -0.4 is 40.1 Å². The topological polar surface area (TPSA) is 62.1 Å². The van der Waals surface area contributed by atoms with Gasteiger partial charge in [-0.25, -0.2) is 0 Å². The van der Waals surface area contributed by atoms with Gasteiger partial charge in [0, 0.05) is 23.8 Å². The number of rotatable bonds is 4. The van der Waals surface area contributed by atoms with Crippen molar-refractivity contribution in [1.29, 1.82) is 0 Å². The van der Waals surface area contributed by atoms with Crippen LogP contribution in [0.25, 0.3) is 11.3 Å². The van der Waals surface area contributed by atoms with E-state index in [1.165, 1.54) is 6.07 Å². The van der Waals surface area contributed by atoms with E-state index in [9.17, 15) is 14.7 Å². The molecular formula is C16H15ClNNaO3. The van der Waals surface area contributed by atoms with Crippen LogP contribution in [0.1, 0.15) is 29.4 Å². The molecule has 2 aromatic rings. The first kappa shape index (κ1) is 19.0. The molecule has 1 heterocycles. The van der Waals surface area contributed by atoms with Crippen molar-refractivity contribution in [3.8, 4) is 11.3 Å². The summed E-state index contributed by atoms with van der Waals surface area (Å²) < 4.78 is 1.74. The van der Waals surface area contributed by atoms with E-state index in [1.54, 1.807) is 35.9 Å². The van der Waals surface area contributed by atoms with Crippen LogP contribution in [0, 0.1) is 0 Å². The number of hydrogen-bond donors (Lipinski definition) is 0. The number of halogens is 1. The van der Waals surface area contributed by atoms with Crippen LogP contribution in [0.15, 0.2) is 35.1 Å². The third-order valence-electron chi connectivity index (χ3n) is 3.40. The van der Waals surface area contributed by atoms with E-state index >= 15 is 0 Å². The molecule has 0 radical (unpaired) electrons. The summed E-state index contributed by atoms with van der Waals surface area (Å²) in [5, 5.41) is 11.8. The molecule has 0 fully saturated rings. The predicted molar refractivity (Wildman–Crippen MR) is 80.5 cm³/mol. The summed E-state index contributed by atoms with van der Waals surface area (Å²) in [6.45, 7) is 1.93. The van der Waals surface area contributed by atoms with E-state index < -0.39 is 11.4 Å². The fraction of sp³-hybridized carbons (Fsp3) is 0.250. The Hall–Kier alpha value is -1.07. The number of carboxylic acid groups (broad SMARTS) is 1. The summed E-state index contributed by atoms with van der Waals surface area (Å²) in [4.78, 5) is 23.3. The Labute approximate surface area is 156 Å². The van der Waals surface area contributed by atoms with Crippen molar-refractivity contribution >= 4 is 17.6 Å². The maximum Gasteiger partial charge on any atom is 1.00 e. The molecule has 0 atom stereocenters. The Morgan fingerprint density at radius 1 is 1.27 bits per heavy atom. The normalized spacial score (nSPS) is 10.1. The number of carbonyl (C=O) groups excluding carboxylic acids is 1. The first-order valence-electron chi connectivity index (χ1n) is 6.66. The SMILES string of the molecule is CCCc1c(C(=O)[O-])c(=O)cc(-c2ccc(Cl)cc2)n1C.[Na+]. The van der Waals surface area contributed by atoms with Crippen molar-refractivity contribution in [3.63, 3.8) is 0 Å². The Kier molecular flexibility index (Phi) is 6.88. The molecule has 0 aliphatic heterocycles. The van der Waals surface area contributed by atoms with Crippen molar-refractivity contribution in [3.05, 3.63) is 56.8 Å². The molecule has 0 saturated heterocycles. The summed E-state index contributed by atoms with van der Waals surface area (Å²) in [5.41, 5.74) is 1.17. The van der Waals surface area contributed by atoms with Gasteiger partial charge in [0.1, 0.15) is 0 Å². The molecule has 0 saturated carbocycles. The van der Waals surface area contributed by atoms with Crippen LogP contribution in [0.4, 0.5) is 0 Å². The molecule has 4 nitrogen and oxygen atoms in total. The molecule has 1 aromatic carbocycles. The molecule has 2 rings (SSSR count). The minimum Gasteiger partial charge on any atom is -0.545 e. The van der Waals surface area contributed by atoms with Gasteiger partial charge >= 0.3 is 29.6 Å². The molecule has 22 heavy (non-hydrogen) atoms. The minimum atomic E-state index is -1.43. The van der Waals surface area contributed by atoms with Crippen LogP contribution in [0.5, 0.6) is 0 Å². The smallest absolute Gasteiger partial charge is 0.545 e. The van der Waals surface area contributed by atoms with Gasteiger partial charge in [0.05, 0.1) is 17.2 Å². The van der Waals surface area contributed by atoms with Crippen molar-refractivity contribution in [2.45, 2.75) is 19.8 Å². The first-order chi connectivity index (χ1) is 9.95. The zero-order chi connectivity index (χ0) is 15.6. The van der Waals surface area contributed by atoms with Crippen LogP contribution in [0.2, 0.25) is 5.02 Å². The monoisotopic (exact) mass is 327 g/mol. The average molecular weight is 328 g/mol. The summed E-state index contributed by atoms with van der Waals surface area (Å²) >= 11 is 5.86. The Bertz CT molecular complexity index is 738. The number of aromatic nitrogens is 1. The van der Waals surface area contributed by atoms with Crippen LogP contribution in [-0.2, 0) is 13.5 Å².